The topological polar surface area (TPSA) is 12.0 Å². The molecule has 1 nitrogen and oxygen atoms in total. The molecular formula is C19H33N. The maximum Gasteiger partial charge on any atom is -0.00438 e. The van der Waals surface area contributed by atoms with E-state index in [1.807, 2.05) is 0 Å². The quantitative estimate of drug-likeness (QED) is 0.661. The lowest BCUT2D eigenvalue weighted by Crippen LogP contribution is -2.23. The van der Waals surface area contributed by atoms with E-state index in [2.05, 4.69) is 59.0 Å². The average Bonchev–Trinajstić information content (AvgIpc) is 2.33. The first-order valence-electron chi connectivity index (χ1n) is 8.13. The molecule has 0 fully saturated rings. The van der Waals surface area contributed by atoms with E-state index in [9.17, 15) is 0 Å². The second-order valence-corrected chi connectivity index (χ2v) is 7.04. The van der Waals surface area contributed by atoms with E-state index in [1.165, 1.54) is 42.4 Å². The van der Waals surface area contributed by atoms with Crippen LogP contribution in [0.25, 0.3) is 0 Å². The van der Waals surface area contributed by atoms with Crippen molar-refractivity contribution in [3.8, 4) is 0 Å². The fraction of sp³-hybridized carbons (Fsp3) is 0.684. The van der Waals surface area contributed by atoms with Crippen LogP contribution in [0.5, 0.6) is 0 Å². The highest BCUT2D eigenvalue weighted by Crippen LogP contribution is 2.28. The Bertz CT molecular complexity index is 395. The largest absolute Gasteiger partial charge is 0.317 e. The lowest BCUT2D eigenvalue weighted by Gasteiger charge is -2.26. The predicted molar refractivity (Wildman–Crippen MR) is 90.5 cm³/mol. The molecule has 1 N–H and O–H groups in total. The number of rotatable bonds is 8. The van der Waals surface area contributed by atoms with Gasteiger partial charge in [-0.3, -0.25) is 0 Å². The smallest absolute Gasteiger partial charge is 0.00438 e. The van der Waals surface area contributed by atoms with Crippen LogP contribution in [0.4, 0.5) is 0 Å². The normalized spacial score (nSPS) is 11.9. The molecule has 1 aromatic rings. The van der Waals surface area contributed by atoms with Gasteiger partial charge >= 0.3 is 0 Å². The lowest BCUT2D eigenvalue weighted by atomic mass is 9.81. The maximum atomic E-state index is 3.52. The Hall–Kier alpha value is -0.820. The number of aryl methyl sites for hydroxylation is 3. The summed E-state index contributed by atoms with van der Waals surface area (Å²) in [5, 5.41) is 3.52. The minimum absolute atomic E-state index is 0.421. The van der Waals surface area contributed by atoms with Gasteiger partial charge in [-0.1, -0.05) is 38.5 Å². The molecule has 0 atom stereocenters. The molecule has 1 rings (SSSR count). The van der Waals surface area contributed by atoms with Crippen molar-refractivity contribution in [2.24, 2.45) is 5.41 Å². The van der Waals surface area contributed by atoms with Gasteiger partial charge in [0.1, 0.15) is 0 Å². The summed E-state index contributed by atoms with van der Waals surface area (Å²) in [5.41, 5.74) is 6.28. The van der Waals surface area contributed by atoms with Crippen LogP contribution in [0.2, 0.25) is 0 Å². The Kier molecular flexibility index (Phi) is 6.75. The molecule has 0 aromatic heterocycles. The summed E-state index contributed by atoms with van der Waals surface area (Å²) in [6, 6.07) is 4.64. The molecule has 0 amide bonds. The summed E-state index contributed by atoms with van der Waals surface area (Å²) < 4.78 is 0. The summed E-state index contributed by atoms with van der Waals surface area (Å²) >= 11 is 0. The molecule has 0 aliphatic heterocycles. The zero-order valence-corrected chi connectivity index (χ0v) is 14.4. The summed E-state index contributed by atoms with van der Waals surface area (Å²) in [7, 11) is 0. The fourth-order valence-corrected chi connectivity index (χ4v) is 2.92. The molecule has 0 saturated heterocycles. The van der Waals surface area contributed by atoms with E-state index in [-0.39, 0.29) is 0 Å². The van der Waals surface area contributed by atoms with Crippen molar-refractivity contribution in [2.75, 3.05) is 13.1 Å². The molecule has 1 heteroatoms. The van der Waals surface area contributed by atoms with E-state index >= 15 is 0 Å². The number of nitrogens with one attached hydrogen (secondary N) is 1. The second kappa shape index (κ2) is 7.83. The zero-order chi connectivity index (χ0) is 15.2. The minimum Gasteiger partial charge on any atom is -0.317 e. The summed E-state index contributed by atoms with van der Waals surface area (Å²) in [5.74, 6) is 0. The Morgan fingerprint density at radius 2 is 1.55 bits per heavy atom. The summed E-state index contributed by atoms with van der Waals surface area (Å²) in [6.07, 6.45) is 4.96. The van der Waals surface area contributed by atoms with Crippen molar-refractivity contribution in [3.63, 3.8) is 0 Å². The molecule has 0 unspecified atom stereocenters. The summed E-state index contributed by atoms with van der Waals surface area (Å²) in [4.78, 5) is 0. The highest BCUT2D eigenvalue weighted by molar-refractivity contribution is 5.37. The first-order chi connectivity index (χ1) is 9.35. The molecule has 0 saturated carbocycles. The zero-order valence-electron chi connectivity index (χ0n) is 14.4. The molecule has 0 aliphatic carbocycles. The van der Waals surface area contributed by atoms with Gasteiger partial charge < -0.3 is 5.32 Å². The molecule has 0 heterocycles. The van der Waals surface area contributed by atoms with E-state index in [4.69, 9.17) is 0 Å². The average molecular weight is 275 g/mol. The third-order valence-electron chi connectivity index (χ3n) is 4.30. The molecule has 1 aromatic carbocycles. The van der Waals surface area contributed by atoms with Gasteiger partial charge in [-0.25, -0.2) is 0 Å². The standard InChI is InChI=1S/C19H33N/c1-7-11-20-12-10-19(5,6)9-8-18-16(3)13-15(2)14-17(18)4/h13-14,20H,7-12H2,1-6H3. The number of hydrogen-bond donors (Lipinski definition) is 1. The van der Waals surface area contributed by atoms with Crippen LogP contribution in [0.3, 0.4) is 0 Å². The van der Waals surface area contributed by atoms with Crippen LogP contribution in [0, 0.1) is 26.2 Å². The molecule has 0 bridgehead atoms. The van der Waals surface area contributed by atoms with Gasteiger partial charge in [0.05, 0.1) is 0 Å². The monoisotopic (exact) mass is 275 g/mol. The van der Waals surface area contributed by atoms with Crippen molar-refractivity contribution in [2.45, 2.75) is 67.2 Å². The van der Waals surface area contributed by atoms with Crippen LogP contribution in [-0.4, -0.2) is 13.1 Å². The first kappa shape index (κ1) is 17.2. The Morgan fingerprint density at radius 1 is 0.950 bits per heavy atom. The summed E-state index contributed by atoms with van der Waals surface area (Å²) in [6.45, 7) is 16.0. The highest BCUT2D eigenvalue weighted by Gasteiger charge is 2.18. The third kappa shape index (κ3) is 5.66. The van der Waals surface area contributed by atoms with Gasteiger partial charge in [0.2, 0.25) is 0 Å². The second-order valence-electron chi connectivity index (χ2n) is 7.04. The number of benzene rings is 1. The first-order valence-corrected chi connectivity index (χ1v) is 8.13. The van der Waals surface area contributed by atoms with E-state index in [0.717, 1.165) is 13.1 Å². The van der Waals surface area contributed by atoms with Crippen molar-refractivity contribution in [1.82, 2.24) is 5.32 Å². The van der Waals surface area contributed by atoms with Gasteiger partial charge in [0.25, 0.3) is 0 Å². The molecule has 114 valence electrons. The van der Waals surface area contributed by atoms with Crippen molar-refractivity contribution in [1.29, 1.82) is 0 Å². The highest BCUT2D eigenvalue weighted by atomic mass is 14.8. The third-order valence-corrected chi connectivity index (χ3v) is 4.30. The van der Waals surface area contributed by atoms with Gasteiger partial charge in [-0.2, -0.15) is 0 Å². The molecule has 0 spiro atoms. The van der Waals surface area contributed by atoms with E-state index in [1.54, 1.807) is 5.56 Å². The van der Waals surface area contributed by atoms with Crippen LogP contribution in [-0.2, 0) is 6.42 Å². The maximum absolute atomic E-state index is 3.52. The Labute approximate surface area is 126 Å². The fourth-order valence-electron chi connectivity index (χ4n) is 2.92. The van der Waals surface area contributed by atoms with E-state index < -0.39 is 0 Å². The van der Waals surface area contributed by atoms with Crippen LogP contribution in [0.1, 0.15) is 62.3 Å². The molecular weight excluding hydrogens is 242 g/mol. The predicted octanol–water partition coefficient (Wildman–Crippen LogP) is 4.96. The van der Waals surface area contributed by atoms with Crippen molar-refractivity contribution in [3.05, 3.63) is 34.4 Å². The van der Waals surface area contributed by atoms with Crippen molar-refractivity contribution >= 4 is 0 Å². The molecule has 20 heavy (non-hydrogen) atoms. The number of hydrogen-bond acceptors (Lipinski definition) is 1. The Morgan fingerprint density at radius 3 is 2.10 bits per heavy atom. The molecule has 0 aliphatic rings. The van der Waals surface area contributed by atoms with Crippen LogP contribution < -0.4 is 5.32 Å². The Balaban J connectivity index is 2.53. The molecule has 0 radical (unpaired) electrons. The van der Waals surface area contributed by atoms with E-state index in [0.29, 0.717) is 5.41 Å². The van der Waals surface area contributed by atoms with Gasteiger partial charge in [-0.15, -0.1) is 0 Å². The van der Waals surface area contributed by atoms with Gasteiger partial charge in [0.15, 0.2) is 0 Å². The lowest BCUT2D eigenvalue weighted by molar-refractivity contribution is 0.302. The van der Waals surface area contributed by atoms with Crippen molar-refractivity contribution < 1.29 is 0 Å². The minimum atomic E-state index is 0.421. The van der Waals surface area contributed by atoms with Gasteiger partial charge in [0, 0.05) is 0 Å². The SMILES string of the molecule is CCCNCCC(C)(C)CCc1c(C)cc(C)cc1C. The van der Waals surface area contributed by atoms with Crippen LogP contribution >= 0.6 is 0 Å². The van der Waals surface area contributed by atoms with Crippen LogP contribution in [0.15, 0.2) is 12.1 Å². The van der Waals surface area contributed by atoms with Gasteiger partial charge in [-0.05, 0) is 81.6 Å².